The smallest absolute Gasteiger partial charge is 0.139 e. The second-order valence-electron chi connectivity index (χ2n) is 4.20. The fourth-order valence-electron chi connectivity index (χ4n) is 1.81. The first-order valence-corrected chi connectivity index (χ1v) is 4.60. The average Bonchev–Trinajstić information content (AvgIpc) is 1.95. The van der Waals surface area contributed by atoms with Gasteiger partial charge in [0.2, 0.25) is 0 Å². The Balaban J connectivity index is 2.73. The molecular formula is C10H18O. The first-order chi connectivity index (χ1) is 5.07. The second-order valence-corrected chi connectivity index (χ2v) is 4.20. The molecule has 1 unspecified atom stereocenters. The van der Waals surface area contributed by atoms with Crippen molar-refractivity contribution in [3.05, 3.63) is 0 Å². The average molecular weight is 154 g/mol. The Morgan fingerprint density at radius 2 is 2.00 bits per heavy atom. The normalized spacial score (nSPS) is 32.9. The van der Waals surface area contributed by atoms with Crippen molar-refractivity contribution in [2.45, 2.75) is 46.5 Å². The highest BCUT2D eigenvalue weighted by molar-refractivity contribution is 5.85. The largest absolute Gasteiger partial charge is 0.299 e. The Morgan fingerprint density at radius 3 is 2.36 bits per heavy atom. The van der Waals surface area contributed by atoms with Crippen molar-refractivity contribution in [3.8, 4) is 0 Å². The van der Waals surface area contributed by atoms with Crippen LogP contribution in [-0.2, 0) is 4.79 Å². The highest BCUT2D eigenvalue weighted by Crippen LogP contribution is 2.38. The zero-order valence-electron chi connectivity index (χ0n) is 7.81. The van der Waals surface area contributed by atoms with E-state index in [2.05, 4.69) is 20.8 Å². The van der Waals surface area contributed by atoms with Crippen molar-refractivity contribution in [3.63, 3.8) is 0 Å². The van der Waals surface area contributed by atoms with Crippen LogP contribution in [0.2, 0.25) is 0 Å². The molecule has 64 valence electrons. The maximum Gasteiger partial charge on any atom is 0.139 e. The number of carbonyl (C=O) groups excluding carboxylic acids is 1. The predicted octanol–water partition coefficient (Wildman–Crippen LogP) is 2.79. The summed E-state index contributed by atoms with van der Waals surface area (Å²) in [5, 5.41) is 0. The molecule has 0 aromatic carbocycles. The molecule has 1 atom stereocenters. The van der Waals surface area contributed by atoms with Crippen molar-refractivity contribution in [2.24, 2.45) is 11.3 Å². The minimum atomic E-state index is -0.00174. The van der Waals surface area contributed by atoms with E-state index in [4.69, 9.17) is 0 Å². The molecule has 1 aliphatic carbocycles. The van der Waals surface area contributed by atoms with Gasteiger partial charge in [0.15, 0.2) is 0 Å². The molecule has 0 radical (unpaired) electrons. The van der Waals surface area contributed by atoms with Gasteiger partial charge in [-0.3, -0.25) is 4.79 Å². The summed E-state index contributed by atoms with van der Waals surface area (Å²) in [6.45, 7) is 6.44. The van der Waals surface area contributed by atoms with Crippen LogP contribution in [0.1, 0.15) is 46.5 Å². The van der Waals surface area contributed by atoms with Crippen LogP contribution in [-0.4, -0.2) is 5.78 Å². The molecule has 0 saturated heterocycles. The maximum absolute atomic E-state index is 11.6. The topological polar surface area (TPSA) is 17.1 Å². The van der Waals surface area contributed by atoms with E-state index in [1.807, 2.05) is 0 Å². The molecule has 1 saturated carbocycles. The van der Waals surface area contributed by atoms with Gasteiger partial charge < -0.3 is 0 Å². The number of rotatable bonds is 1. The van der Waals surface area contributed by atoms with Gasteiger partial charge in [0.25, 0.3) is 0 Å². The summed E-state index contributed by atoms with van der Waals surface area (Å²) in [6, 6.07) is 0. The fourth-order valence-corrected chi connectivity index (χ4v) is 1.81. The Morgan fingerprint density at radius 1 is 1.36 bits per heavy atom. The van der Waals surface area contributed by atoms with E-state index >= 15 is 0 Å². The zero-order valence-corrected chi connectivity index (χ0v) is 7.81. The van der Waals surface area contributed by atoms with E-state index in [9.17, 15) is 4.79 Å². The van der Waals surface area contributed by atoms with Crippen LogP contribution < -0.4 is 0 Å². The third-order valence-corrected chi connectivity index (χ3v) is 3.26. The van der Waals surface area contributed by atoms with Gasteiger partial charge in [-0.1, -0.05) is 27.2 Å². The Bertz CT molecular complexity index is 160. The number of carbonyl (C=O) groups is 1. The quantitative estimate of drug-likeness (QED) is 0.567. The molecule has 0 spiro atoms. The van der Waals surface area contributed by atoms with Crippen LogP contribution in [0.5, 0.6) is 0 Å². The minimum Gasteiger partial charge on any atom is -0.299 e. The first kappa shape index (κ1) is 8.76. The Labute approximate surface area is 69.2 Å². The van der Waals surface area contributed by atoms with E-state index in [0.717, 1.165) is 19.3 Å². The lowest BCUT2D eigenvalue weighted by Crippen LogP contribution is -2.35. The molecule has 0 amide bonds. The predicted molar refractivity (Wildman–Crippen MR) is 46.4 cm³/mol. The monoisotopic (exact) mass is 154 g/mol. The van der Waals surface area contributed by atoms with Gasteiger partial charge in [-0.05, 0) is 18.8 Å². The molecule has 1 nitrogen and oxygen atoms in total. The fraction of sp³-hybridized carbons (Fsp3) is 0.900. The van der Waals surface area contributed by atoms with Crippen LogP contribution >= 0.6 is 0 Å². The summed E-state index contributed by atoms with van der Waals surface area (Å²) in [5.41, 5.74) is -0.00174. The summed E-state index contributed by atoms with van der Waals surface area (Å²) in [4.78, 5) is 11.6. The van der Waals surface area contributed by atoms with E-state index < -0.39 is 0 Å². The minimum absolute atomic E-state index is 0.00174. The molecule has 0 N–H and O–H groups in total. The van der Waals surface area contributed by atoms with Crippen molar-refractivity contribution in [2.75, 3.05) is 0 Å². The lowest BCUT2D eigenvalue weighted by Gasteiger charge is -2.35. The van der Waals surface area contributed by atoms with Crippen LogP contribution in [0.15, 0.2) is 0 Å². The SMILES string of the molecule is CC(C)C1(C)CCCCC1=O. The van der Waals surface area contributed by atoms with Crippen LogP contribution in [0.4, 0.5) is 0 Å². The first-order valence-electron chi connectivity index (χ1n) is 4.60. The van der Waals surface area contributed by atoms with Gasteiger partial charge in [-0.15, -0.1) is 0 Å². The third kappa shape index (κ3) is 1.47. The summed E-state index contributed by atoms with van der Waals surface area (Å²) in [5.74, 6) is 0.994. The number of Topliss-reactive ketones (excluding diaryl/α,β-unsaturated/α-hetero) is 1. The molecule has 0 aromatic heterocycles. The highest BCUT2D eigenvalue weighted by atomic mass is 16.1. The molecule has 1 rings (SSSR count). The molecule has 1 heteroatoms. The molecule has 0 aliphatic heterocycles. The van der Waals surface area contributed by atoms with E-state index in [1.54, 1.807) is 0 Å². The molecule has 1 fully saturated rings. The second kappa shape index (κ2) is 2.96. The summed E-state index contributed by atoms with van der Waals surface area (Å²) in [6.07, 6.45) is 4.26. The Kier molecular flexibility index (Phi) is 2.36. The van der Waals surface area contributed by atoms with Gasteiger partial charge in [0.05, 0.1) is 0 Å². The van der Waals surface area contributed by atoms with Gasteiger partial charge in [-0.25, -0.2) is 0 Å². The van der Waals surface area contributed by atoms with Crippen molar-refractivity contribution < 1.29 is 4.79 Å². The van der Waals surface area contributed by atoms with Crippen LogP contribution in [0.25, 0.3) is 0 Å². The molecule has 1 aliphatic rings. The van der Waals surface area contributed by atoms with Crippen LogP contribution in [0.3, 0.4) is 0 Å². The van der Waals surface area contributed by atoms with Gasteiger partial charge >= 0.3 is 0 Å². The number of ketones is 1. The maximum atomic E-state index is 11.6. The standard InChI is InChI=1S/C10H18O/c1-8(2)10(3)7-5-4-6-9(10)11/h8H,4-7H2,1-3H3. The van der Waals surface area contributed by atoms with E-state index in [1.165, 1.54) is 6.42 Å². The number of hydrogen-bond acceptors (Lipinski definition) is 1. The molecule has 11 heavy (non-hydrogen) atoms. The van der Waals surface area contributed by atoms with E-state index in [-0.39, 0.29) is 5.41 Å². The molecule has 0 heterocycles. The molecule has 0 bridgehead atoms. The van der Waals surface area contributed by atoms with E-state index in [0.29, 0.717) is 11.7 Å². The molecular weight excluding hydrogens is 136 g/mol. The number of hydrogen-bond donors (Lipinski definition) is 0. The van der Waals surface area contributed by atoms with Gasteiger partial charge in [0, 0.05) is 11.8 Å². The zero-order chi connectivity index (χ0) is 8.48. The van der Waals surface area contributed by atoms with Gasteiger partial charge in [-0.2, -0.15) is 0 Å². The van der Waals surface area contributed by atoms with Crippen molar-refractivity contribution in [1.82, 2.24) is 0 Å². The van der Waals surface area contributed by atoms with Crippen LogP contribution in [0, 0.1) is 11.3 Å². The third-order valence-electron chi connectivity index (χ3n) is 3.26. The van der Waals surface area contributed by atoms with Crippen molar-refractivity contribution >= 4 is 5.78 Å². The summed E-state index contributed by atoms with van der Waals surface area (Å²) >= 11 is 0. The highest BCUT2D eigenvalue weighted by Gasteiger charge is 2.37. The Hall–Kier alpha value is -0.330. The lowest BCUT2D eigenvalue weighted by atomic mass is 9.68. The molecule has 0 aromatic rings. The lowest BCUT2D eigenvalue weighted by molar-refractivity contribution is -0.132. The van der Waals surface area contributed by atoms with Crippen molar-refractivity contribution in [1.29, 1.82) is 0 Å². The summed E-state index contributed by atoms with van der Waals surface area (Å²) in [7, 11) is 0. The van der Waals surface area contributed by atoms with Gasteiger partial charge in [0.1, 0.15) is 5.78 Å². The summed E-state index contributed by atoms with van der Waals surface area (Å²) < 4.78 is 0.